The van der Waals surface area contributed by atoms with Crippen molar-refractivity contribution in [3.8, 4) is 45.4 Å². The maximum atomic E-state index is 4.98. The zero-order chi connectivity index (χ0) is 29.0. The molecule has 4 nitrogen and oxygen atoms in total. The monoisotopic (exact) mass is 538 g/mol. The summed E-state index contributed by atoms with van der Waals surface area (Å²) in [6.07, 6.45) is 2.86. The van der Waals surface area contributed by atoms with Crippen molar-refractivity contribution in [2.24, 2.45) is 5.41 Å². The van der Waals surface area contributed by atoms with E-state index in [2.05, 4.69) is 72.7 Å². The van der Waals surface area contributed by atoms with Crippen molar-refractivity contribution in [2.45, 2.75) is 65.7 Å². The maximum absolute atomic E-state index is 4.98. The van der Waals surface area contributed by atoms with Gasteiger partial charge >= 0.3 is 0 Å². The van der Waals surface area contributed by atoms with Gasteiger partial charge in [-0.25, -0.2) is 15.0 Å². The Kier molecular flexibility index (Phi) is 6.41. The van der Waals surface area contributed by atoms with Crippen molar-refractivity contribution >= 4 is 0 Å². The molecule has 6 rings (SSSR count). The SMILES string of the molecule is CCc1cc2c(cc1-c1ccc(-c3nc(-c4ccccc4)nc(-c4ccccc4)n3)cn1)C(C)(C)C(C)(C)C2(C)C. The summed E-state index contributed by atoms with van der Waals surface area (Å²) in [5.41, 5.74) is 9.45. The molecule has 2 aromatic heterocycles. The minimum absolute atomic E-state index is 0.0410. The second kappa shape index (κ2) is 9.73. The number of nitrogens with zero attached hydrogens (tertiary/aromatic N) is 4. The summed E-state index contributed by atoms with van der Waals surface area (Å²) in [5.74, 6) is 1.92. The number of rotatable bonds is 5. The summed E-state index contributed by atoms with van der Waals surface area (Å²) in [7, 11) is 0. The average molecular weight is 539 g/mol. The van der Waals surface area contributed by atoms with Crippen LogP contribution in [0.25, 0.3) is 45.4 Å². The van der Waals surface area contributed by atoms with Crippen LogP contribution in [-0.2, 0) is 17.3 Å². The highest BCUT2D eigenvalue weighted by molar-refractivity contribution is 5.71. The Morgan fingerprint density at radius 1 is 0.561 bits per heavy atom. The van der Waals surface area contributed by atoms with Crippen molar-refractivity contribution in [2.75, 3.05) is 0 Å². The van der Waals surface area contributed by atoms with Gasteiger partial charge in [-0.05, 0) is 57.6 Å². The van der Waals surface area contributed by atoms with E-state index < -0.39 is 0 Å². The van der Waals surface area contributed by atoms with Gasteiger partial charge in [0.25, 0.3) is 0 Å². The van der Waals surface area contributed by atoms with Crippen molar-refractivity contribution < 1.29 is 0 Å². The standard InChI is InChI=1S/C37H38N4/c1-8-24-21-29-30(36(4,5)37(6,7)35(29,2)3)22-28(24)31-20-19-27(23-38-31)34-40-32(25-15-11-9-12-16-25)39-33(41-34)26-17-13-10-14-18-26/h9-23H,8H2,1-7H3. The van der Waals surface area contributed by atoms with Crippen LogP contribution in [0.1, 0.15) is 65.2 Å². The summed E-state index contributed by atoms with van der Waals surface area (Å²) < 4.78 is 0. The predicted molar refractivity (Wildman–Crippen MR) is 169 cm³/mol. The molecule has 2 heterocycles. The quantitative estimate of drug-likeness (QED) is 0.224. The van der Waals surface area contributed by atoms with Crippen LogP contribution in [0, 0.1) is 5.41 Å². The second-order valence-corrected chi connectivity index (χ2v) is 12.8. The molecule has 0 unspecified atom stereocenters. The molecule has 0 saturated heterocycles. The summed E-state index contributed by atoms with van der Waals surface area (Å²) >= 11 is 0. The predicted octanol–water partition coefficient (Wildman–Crippen LogP) is 9.09. The van der Waals surface area contributed by atoms with Crippen LogP contribution in [0.4, 0.5) is 0 Å². The molecule has 3 aromatic carbocycles. The molecule has 0 radical (unpaired) electrons. The number of pyridine rings is 1. The van der Waals surface area contributed by atoms with Crippen LogP contribution in [0.2, 0.25) is 0 Å². The third-order valence-corrected chi connectivity index (χ3v) is 10.1. The highest BCUT2D eigenvalue weighted by Gasteiger charge is 2.56. The fourth-order valence-corrected chi connectivity index (χ4v) is 6.29. The van der Waals surface area contributed by atoms with Crippen molar-refractivity contribution in [1.82, 2.24) is 19.9 Å². The second-order valence-electron chi connectivity index (χ2n) is 12.8. The molecule has 0 N–H and O–H groups in total. The molecule has 5 aromatic rings. The first-order chi connectivity index (χ1) is 19.5. The molecule has 0 atom stereocenters. The largest absolute Gasteiger partial charge is 0.255 e. The lowest BCUT2D eigenvalue weighted by Crippen LogP contribution is -2.42. The smallest absolute Gasteiger partial charge is 0.165 e. The zero-order valence-corrected chi connectivity index (χ0v) is 25.2. The van der Waals surface area contributed by atoms with Gasteiger partial charge in [0, 0.05) is 28.5 Å². The molecule has 0 amide bonds. The van der Waals surface area contributed by atoms with Gasteiger partial charge in [0.15, 0.2) is 17.5 Å². The third kappa shape index (κ3) is 4.28. The number of hydrogen-bond donors (Lipinski definition) is 0. The summed E-state index contributed by atoms with van der Waals surface area (Å²) in [6, 6.07) is 29.2. The summed E-state index contributed by atoms with van der Waals surface area (Å²) in [6.45, 7) is 16.6. The zero-order valence-electron chi connectivity index (χ0n) is 25.2. The van der Waals surface area contributed by atoms with Gasteiger partial charge in [0.1, 0.15) is 0 Å². The van der Waals surface area contributed by atoms with Gasteiger partial charge < -0.3 is 0 Å². The molecule has 0 saturated carbocycles. The molecular weight excluding hydrogens is 500 g/mol. The Balaban J connectivity index is 1.44. The lowest BCUT2D eigenvalue weighted by molar-refractivity contribution is 0.125. The molecule has 0 aliphatic heterocycles. The molecule has 0 fully saturated rings. The van der Waals surface area contributed by atoms with E-state index in [0.29, 0.717) is 17.5 Å². The van der Waals surface area contributed by atoms with Gasteiger partial charge in [0.05, 0.1) is 5.69 Å². The molecule has 1 aliphatic rings. The number of fused-ring (bicyclic) bond motifs is 1. The van der Waals surface area contributed by atoms with Crippen LogP contribution in [0.5, 0.6) is 0 Å². The summed E-state index contributed by atoms with van der Waals surface area (Å²) in [5, 5.41) is 0. The minimum Gasteiger partial charge on any atom is -0.255 e. The van der Waals surface area contributed by atoms with E-state index >= 15 is 0 Å². The molecule has 41 heavy (non-hydrogen) atoms. The highest BCUT2D eigenvalue weighted by Crippen LogP contribution is 2.62. The van der Waals surface area contributed by atoms with Crippen molar-refractivity contribution in [1.29, 1.82) is 0 Å². The molecule has 1 aliphatic carbocycles. The van der Waals surface area contributed by atoms with E-state index in [0.717, 1.165) is 28.8 Å². The first kappa shape index (κ1) is 27.0. The first-order valence-corrected chi connectivity index (χ1v) is 14.6. The number of hydrogen-bond acceptors (Lipinski definition) is 4. The van der Waals surface area contributed by atoms with E-state index in [1.807, 2.05) is 66.9 Å². The van der Waals surface area contributed by atoms with Crippen molar-refractivity contribution in [3.05, 3.63) is 108 Å². The third-order valence-electron chi connectivity index (χ3n) is 10.1. The van der Waals surface area contributed by atoms with Crippen LogP contribution in [0.3, 0.4) is 0 Å². The van der Waals surface area contributed by atoms with E-state index in [-0.39, 0.29) is 16.2 Å². The highest BCUT2D eigenvalue weighted by atomic mass is 15.0. The summed E-state index contributed by atoms with van der Waals surface area (Å²) in [4.78, 5) is 19.5. The maximum Gasteiger partial charge on any atom is 0.165 e. The number of benzene rings is 3. The Morgan fingerprint density at radius 3 is 1.51 bits per heavy atom. The number of aryl methyl sites for hydroxylation is 1. The molecule has 206 valence electrons. The lowest BCUT2D eigenvalue weighted by Gasteiger charge is -2.44. The van der Waals surface area contributed by atoms with Crippen LogP contribution in [0.15, 0.2) is 91.1 Å². The van der Waals surface area contributed by atoms with E-state index in [1.54, 1.807) is 0 Å². The van der Waals surface area contributed by atoms with Crippen LogP contribution in [-0.4, -0.2) is 19.9 Å². The van der Waals surface area contributed by atoms with Gasteiger partial charge in [-0.3, -0.25) is 4.98 Å². The Morgan fingerprint density at radius 2 is 1.05 bits per heavy atom. The Hall–Kier alpha value is -4.18. The van der Waals surface area contributed by atoms with E-state index in [4.69, 9.17) is 19.9 Å². The average Bonchev–Trinajstić information content (AvgIpc) is 3.10. The minimum atomic E-state index is 0.0410. The van der Waals surface area contributed by atoms with Crippen LogP contribution < -0.4 is 0 Å². The normalized spacial score (nSPS) is 16.4. The fraction of sp³-hybridized carbons (Fsp3) is 0.297. The van der Waals surface area contributed by atoms with E-state index in [1.165, 1.54) is 22.3 Å². The van der Waals surface area contributed by atoms with Gasteiger partial charge in [-0.1, -0.05) is 115 Å². The Bertz CT molecular complexity index is 1660. The van der Waals surface area contributed by atoms with Crippen molar-refractivity contribution in [3.63, 3.8) is 0 Å². The van der Waals surface area contributed by atoms with Gasteiger partial charge in [-0.2, -0.15) is 0 Å². The van der Waals surface area contributed by atoms with Gasteiger partial charge in [0.2, 0.25) is 0 Å². The van der Waals surface area contributed by atoms with E-state index in [9.17, 15) is 0 Å². The van der Waals surface area contributed by atoms with Crippen LogP contribution >= 0.6 is 0 Å². The Labute approximate surface area is 244 Å². The topological polar surface area (TPSA) is 51.6 Å². The first-order valence-electron chi connectivity index (χ1n) is 14.6. The fourth-order valence-electron chi connectivity index (χ4n) is 6.29. The number of aromatic nitrogens is 4. The lowest BCUT2D eigenvalue weighted by atomic mass is 9.59. The molecular formula is C37H38N4. The molecule has 0 spiro atoms. The molecule has 0 bridgehead atoms. The molecule has 4 heteroatoms. The van der Waals surface area contributed by atoms with Gasteiger partial charge in [-0.15, -0.1) is 0 Å².